The van der Waals surface area contributed by atoms with Crippen LogP contribution in [-0.4, -0.2) is 5.91 Å². The molecule has 0 radical (unpaired) electrons. The van der Waals surface area contributed by atoms with Gasteiger partial charge in [-0.2, -0.15) is 0 Å². The molecule has 0 fully saturated rings. The third kappa shape index (κ3) is 3.39. The molecule has 1 heterocycles. The molecule has 2 aromatic rings. The van der Waals surface area contributed by atoms with Crippen LogP contribution in [0.25, 0.3) is 0 Å². The number of amides is 1. The first-order valence-corrected chi connectivity index (χ1v) is 6.81. The third-order valence-electron chi connectivity index (χ3n) is 2.91. The molecule has 1 amide bonds. The monoisotopic (exact) mass is 278 g/mol. The Bertz CT molecular complexity index is 569. The van der Waals surface area contributed by atoms with E-state index >= 15 is 0 Å². The highest BCUT2D eigenvalue weighted by atomic mass is 32.1. The Morgan fingerprint density at radius 3 is 2.84 bits per heavy atom. The average molecular weight is 278 g/mol. The molecule has 0 saturated carbocycles. The van der Waals surface area contributed by atoms with Crippen molar-refractivity contribution in [2.75, 3.05) is 0 Å². The zero-order valence-electron chi connectivity index (χ0n) is 10.5. The molecule has 5 heteroatoms. The molecular formula is C14H15FN2OS. The van der Waals surface area contributed by atoms with Crippen LogP contribution in [0.1, 0.15) is 33.8 Å². The van der Waals surface area contributed by atoms with Gasteiger partial charge in [-0.15, -0.1) is 11.3 Å². The van der Waals surface area contributed by atoms with Gasteiger partial charge in [0, 0.05) is 28.6 Å². The average Bonchev–Trinajstić information content (AvgIpc) is 2.90. The first kappa shape index (κ1) is 13.7. The summed E-state index contributed by atoms with van der Waals surface area (Å²) in [5, 5.41) is 5.25. The van der Waals surface area contributed by atoms with Gasteiger partial charge in [-0.05, 0) is 30.5 Å². The minimum Gasteiger partial charge on any atom is -0.366 e. The highest BCUT2D eigenvalue weighted by Crippen LogP contribution is 2.19. The molecule has 0 aliphatic carbocycles. The van der Waals surface area contributed by atoms with Gasteiger partial charge in [0.1, 0.15) is 5.82 Å². The van der Waals surface area contributed by atoms with Crippen molar-refractivity contribution in [1.29, 1.82) is 0 Å². The van der Waals surface area contributed by atoms with Crippen molar-refractivity contribution in [3.63, 3.8) is 0 Å². The fourth-order valence-corrected chi connectivity index (χ4v) is 2.50. The van der Waals surface area contributed by atoms with Gasteiger partial charge in [-0.3, -0.25) is 4.79 Å². The van der Waals surface area contributed by atoms with E-state index in [2.05, 4.69) is 5.32 Å². The van der Waals surface area contributed by atoms with Crippen molar-refractivity contribution >= 4 is 17.2 Å². The summed E-state index contributed by atoms with van der Waals surface area (Å²) in [5.74, 6) is -1.03. The van der Waals surface area contributed by atoms with E-state index in [1.807, 2.05) is 24.4 Å². The van der Waals surface area contributed by atoms with Crippen molar-refractivity contribution in [3.8, 4) is 0 Å². The van der Waals surface area contributed by atoms with Crippen LogP contribution in [-0.2, 0) is 6.54 Å². The van der Waals surface area contributed by atoms with Crippen molar-refractivity contribution in [1.82, 2.24) is 5.32 Å². The lowest BCUT2D eigenvalue weighted by Crippen LogP contribution is -2.18. The van der Waals surface area contributed by atoms with E-state index in [0.29, 0.717) is 12.1 Å². The highest BCUT2D eigenvalue weighted by molar-refractivity contribution is 7.10. The summed E-state index contributed by atoms with van der Waals surface area (Å²) < 4.78 is 13.8. The molecule has 0 aliphatic heterocycles. The van der Waals surface area contributed by atoms with Gasteiger partial charge in [0.2, 0.25) is 5.91 Å². The summed E-state index contributed by atoms with van der Waals surface area (Å²) >= 11 is 1.66. The van der Waals surface area contributed by atoms with Crippen molar-refractivity contribution in [2.45, 2.75) is 19.5 Å². The number of benzene rings is 1. The number of hydrogen-bond acceptors (Lipinski definition) is 3. The normalized spacial score (nSPS) is 12.3. The van der Waals surface area contributed by atoms with E-state index in [9.17, 15) is 9.18 Å². The Balaban J connectivity index is 2.02. The van der Waals surface area contributed by atoms with Crippen LogP contribution >= 0.6 is 11.3 Å². The van der Waals surface area contributed by atoms with Crippen molar-refractivity contribution in [3.05, 3.63) is 57.5 Å². The van der Waals surface area contributed by atoms with Gasteiger partial charge >= 0.3 is 0 Å². The summed E-state index contributed by atoms with van der Waals surface area (Å²) in [5.41, 5.74) is 5.81. The summed E-state index contributed by atoms with van der Waals surface area (Å²) in [4.78, 5) is 12.1. The number of rotatable bonds is 5. The maximum Gasteiger partial charge on any atom is 0.248 e. The Labute approximate surface area is 115 Å². The van der Waals surface area contributed by atoms with Crippen LogP contribution < -0.4 is 11.1 Å². The number of hydrogen-bond donors (Lipinski definition) is 2. The van der Waals surface area contributed by atoms with Crippen molar-refractivity contribution in [2.24, 2.45) is 5.73 Å². The molecule has 1 aromatic heterocycles. The molecule has 1 atom stereocenters. The fraction of sp³-hybridized carbons (Fsp3) is 0.214. The number of primary amides is 1. The Morgan fingerprint density at radius 1 is 1.47 bits per heavy atom. The predicted molar refractivity (Wildman–Crippen MR) is 74.5 cm³/mol. The van der Waals surface area contributed by atoms with Crippen LogP contribution in [0.15, 0.2) is 35.7 Å². The van der Waals surface area contributed by atoms with Crippen LogP contribution in [0.3, 0.4) is 0 Å². The molecule has 3 nitrogen and oxygen atoms in total. The van der Waals surface area contributed by atoms with E-state index in [0.717, 1.165) is 0 Å². The zero-order valence-corrected chi connectivity index (χ0v) is 11.3. The lowest BCUT2D eigenvalue weighted by atomic mass is 10.1. The lowest BCUT2D eigenvalue weighted by molar-refractivity contribution is 0.1000. The molecular weight excluding hydrogens is 263 g/mol. The van der Waals surface area contributed by atoms with E-state index < -0.39 is 11.7 Å². The van der Waals surface area contributed by atoms with Gasteiger partial charge in [0.25, 0.3) is 0 Å². The van der Waals surface area contributed by atoms with Crippen LogP contribution in [0, 0.1) is 5.82 Å². The van der Waals surface area contributed by atoms with Gasteiger partial charge in [-0.25, -0.2) is 4.39 Å². The summed E-state index contributed by atoms with van der Waals surface area (Å²) in [6.07, 6.45) is 0. The Kier molecular flexibility index (Phi) is 4.29. The van der Waals surface area contributed by atoms with Gasteiger partial charge in [0.15, 0.2) is 0 Å². The summed E-state index contributed by atoms with van der Waals surface area (Å²) in [6.45, 7) is 2.44. The molecule has 3 N–H and O–H groups in total. The highest BCUT2D eigenvalue weighted by Gasteiger charge is 2.09. The second-order valence-corrected chi connectivity index (χ2v) is 5.27. The quantitative estimate of drug-likeness (QED) is 0.883. The molecule has 0 bridgehead atoms. The number of carbonyl (C=O) groups is 1. The number of nitrogens with two attached hydrogens (primary N) is 1. The molecule has 1 aromatic carbocycles. The second-order valence-electron chi connectivity index (χ2n) is 4.29. The summed E-state index contributed by atoms with van der Waals surface area (Å²) in [7, 11) is 0. The first-order valence-electron chi connectivity index (χ1n) is 5.93. The summed E-state index contributed by atoms with van der Waals surface area (Å²) in [6, 6.07) is 8.49. The topological polar surface area (TPSA) is 55.1 Å². The number of thiophene rings is 1. The zero-order chi connectivity index (χ0) is 13.8. The van der Waals surface area contributed by atoms with Crippen LogP contribution in [0.2, 0.25) is 0 Å². The maximum atomic E-state index is 13.8. The largest absolute Gasteiger partial charge is 0.366 e. The number of halogens is 1. The van der Waals surface area contributed by atoms with E-state index in [-0.39, 0.29) is 11.6 Å². The minimum absolute atomic E-state index is 0.162. The maximum absolute atomic E-state index is 13.8. The molecule has 100 valence electrons. The van der Waals surface area contributed by atoms with Crippen molar-refractivity contribution < 1.29 is 9.18 Å². The third-order valence-corrected chi connectivity index (χ3v) is 3.96. The first-order chi connectivity index (χ1) is 9.08. The van der Waals surface area contributed by atoms with Gasteiger partial charge in [-0.1, -0.05) is 12.1 Å². The minimum atomic E-state index is -0.620. The second kappa shape index (κ2) is 5.95. The number of nitrogens with one attached hydrogen (secondary N) is 1. The van der Waals surface area contributed by atoms with E-state index in [1.54, 1.807) is 17.4 Å². The SMILES string of the molecule is C[C@@H](NCc1ccc(C(N)=O)cc1F)c1cccs1. The van der Waals surface area contributed by atoms with Gasteiger partial charge < -0.3 is 11.1 Å². The predicted octanol–water partition coefficient (Wildman–Crippen LogP) is 2.84. The van der Waals surface area contributed by atoms with Crippen LogP contribution in [0.5, 0.6) is 0 Å². The fourth-order valence-electron chi connectivity index (χ4n) is 1.75. The standard InChI is InChI=1S/C14H15FN2OS/c1-9(13-3-2-6-19-13)17-8-11-5-4-10(14(16)18)7-12(11)15/h2-7,9,17H,8H2,1H3,(H2,16,18)/t9-/m1/s1. The Hall–Kier alpha value is -1.72. The molecule has 0 saturated heterocycles. The van der Waals surface area contributed by atoms with E-state index in [4.69, 9.17) is 5.73 Å². The lowest BCUT2D eigenvalue weighted by Gasteiger charge is -2.12. The molecule has 2 rings (SSSR count). The Morgan fingerprint density at radius 2 is 2.26 bits per heavy atom. The molecule has 0 aliphatic rings. The molecule has 0 spiro atoms. The van der Waals surface area contributed by atoms with Crippen LogP contribution in [0.4, 0.5) is 4.39 Å². The number of carbonyl (C=O) groups excluding carboxylic acids is 1. The molecule has 0 unspecified atom stereocenters. The molecule has 19 heavy (non-hydrogen) atoms. The smallest absolute Gasteiger partial charge is 0.248 e. The van der Waals surface area contributed by atoms with E-state index in [1.165, 1.54) is 17.0 Å². The van der Waals surface area contributed by atoms with Gasteiger partial charge in [0.05, 0.1) is 0 Å².